The van der Waals surface area contributed by atoms with Gasteiger partial charge in [-0.3, -0.25) is 0 Å². The van der Waals surface area contributed by atoms with Crippen LogP contribution in [0.15, 0.2) is 47.1 Å². The topological polar surface area (TPSA) is 0 Å². The lowest BCUT2D eigenvalue weighted by Crippen LogP contribution is -2.16. The SMILES string of the molecule is C=C1C(CC2CCC(CC)CC2)=CCC2=C1C=CCC2. The van der Waals surface area contributed by atoms with Crippen molar-refractivity contribution in [2.75, 3.05) is 0 Å². The molecule has 0 aliphatic heterocycles. The molecule has 0 nitrogen and oxygen atoms in total. The van der Waals surface area contributed by atoms with Gasteiger partial charge >= 0.3 is 0 Å². The molecule has 3 aliphatic rings. The first kappa shape index (κ1) is 13.9. The second kappa shape index (κ2) is 6.16. The maximum absolute atomic E-state index is 4.40. The van der Waals surface area contributed by atoms with E-state index in [1.54, 1.807) is 11.1 Å². The van der Waals surface area contributed by atoms with E-state index in [-0.39, 0.29) is 0 Å². The summed E-state index contributed by atoms with van der Waals surface area (Å²) in [5, 5.41) is 0. The summed E-state index contributed by atoms with van der Waals surface area (Å²) in [5.74, 6) is 1.92. The quantitative estimate of drug-likeness (QED) is 0.578. The van der Waals surface area contributed by atoms with Crippen LogP contribution in [0.3, 0.4) is 0 Å². The van der Waals surface area contributed by atoms with Gasteiger partial charge in [-0.15, -0.1) is 0 Å². The maximum atomic E-state index is 4.40. The van der Waals surface area contributed by atoms with Crippen LogP contribution in [0.4, 0.5) is 0 Å². The summed E-state index contributed by atoms with van der Waals surface area (Å²) in [5.41, 5.74) is 5.97. The minimum Gasteiger partial charge on any atom is -0.0909 e. The molecule has 0 aromatic carbocycles. The van der Waals surface area contributed by atoms with Crippen LogP contribution >= 0.6 is 0 Å². The van der Waals surface area contributed by atoms with Crippen molar-refractivity contribution >= 4 is 0 Å². The Morgan fingerprint density at radius 2 is 1.90 bits per heavy atom. The summed E-state index contributed by atoms with van der Waals surface area (Å²) < 4.78 is 0. The first-order valence-electron chi connectivity index (χ1n) is 8.55. The minimum absolute atomic E-state index is 0.913. The van der Waals surface area contributed by atoms with Crippen LogP contribution in [0.1, 0.15) is 64.7 Å². The zero-order chi connectivity index (χ0) is 13.9. The number of rotatable bonds is 3. The normalized spacial score (nSPS) is 30.2. The van der Waals surface area contributed by atoms with Gasteiger partial charge in [0.2, 0.25) is 0 Å². The summed E-state index contributed by atoms with van der Waals surface area (Å²) in [6.07, 6.45) is 19.2. The molecule has 20 heavy (non-hydrogen) atoms. The molecule has 0 saturated heterocycles. The summed E-state index contributed by atoms with van der Waals surface area (Å²) >= 11 is 0. The fourth-order valence-corrected chi connectivity index (χ4v) is 4.14. The first-order valence-corrected chi connectivity index (χ1v) is 8.55. The zero-order valence-electron chi connectivity index (χ0n) is 13.0. The van der Waals surface area contributed by atoms with Crippen molar-refractivity contribution in [2.24, 2.45) is 11.8 Å². The molecule has 3 aliphatic carbocycles. The van der Waals surface area contributed by atoms with E-state index in [0.29, 0.717) is 0 Å². The van der Waals surface area contributed by atoms with E-state index < -0.39 is 0 Å². The standard InChI is InChI=1S/C20H28/c1-3-16-8-10-17(11-9-16)14-19-13-12-18-6-4-5-7-20(18)15(19)2/h5,7,13,16-17H,2-4,6,8-12,14H2,1H3. The van der Waals surface area contributed by atoms with Crippen molar-refractivity contribution in [3.8, 4) is 0 Å². The van der Waals surface area contributed by atoms with Crippen molar-refractivity contribution in [3.63, 3.8) is 0 Å². The van der Waals surface area contributed by atoms with E-state index in [2.05, 4.69) is 31.7 Å². The second-order valence-corrected chi connectivity index (χ2v) is 6.87. The third-order valence-electron chi connectivity index (χ3n) is 5.64. The molecule has 0 aromatic rings. The molecule has 0 heterocycles. The molecule has 108 valence electrons. The molecule has 0 heteroatoms. The second-order valence-electron chi connectivity index (χ2n) is 6.87. The zero-order valence-corrected chi connectivity index (χ0v) is 13.0. The number of allylic oxidation sites excluding steroid dienone is 7. The minimum atomic E-state index is 0.913. The van der Waals surface area contributed by atoms with Gasteiger partial charge in [0.1, 0.15) is 0 Å². The molecule has 0 spiro atoms. The highest BCUT2D eigenvalue weighted by Gasteiger charge is 2.24. The summed E-state index contributed by atoms with van der Waals surface area (Å²) in [6.45, 7) is 6.75. The lowest BCUT2D eigenvalue weighted by atomic mass is 9.75. The molecule has 3 rings (SSSR count). The lowest BCUT2D eigenvalue weighted by Gasteiger charge is -2.31. The number of hydrogen-bond donors (Lipinski definition) is 0. The van der Waals surface area contributed by atoms with Gasteiger partial charge in [-0.25, -0.2) is 0 Å². The van der Waals surface area contributed by atoms with Crippen LogP contribution in [-0.4, -0.2) is 0 Å². The van der Waals surface area contributed by atoms with Crippen molar-refractivity contribution in [1.82, 2.24) is 0 Å². The Morgan fingerprint density at radius 3 is 2.65 bits per heavy atom. The van der Waals surface area contributed by atoms with E-state index in [0.717, 1.165) is 11.8 Å². The average Bonchev–Trinajstić information content (AvgIpc) is 2.51. The van der Waals surface area contributed by atoms with Gasteiger partial charge in [-0.1, -0.05) is 56.6 Å². The molecule has 1 saturated carbocycles. The van der Waals surface area contributed by atoms with E-state index in [4.69, 9.17) is 0 Å². The van der Waals surface area contributed by atoms with E-state index in [9.17, 15) is 0 Å². The van der Waals surface area contributed by atoms with Crippen LogP contribution in [-0.2, 0) is 0 Å². The molecule has 0 bridgehead atoms. The van der Waals surface area contributed by atoms with Gasteiger partial charge in [-0.05, 0) is 67.1 Å². The van der Waals surface area contributed by atoms with E-state index in [1.807, 2.05) is 0 Å². The molecule has 0 unspecified atom stereocenters. The lowest BCUT2D eigenvalue weighted by molar-refractivity contribution is 0.268. The van der Waals surface area contributed by atoms with E-state index >= 15 is 0 Å². The Balaban J connectivity index is 1.61. The molecule has 0 amide bonds. The highest BCUT2D eigenvalue weighted by Crippen LogP contribution is 2.40. The Hall–Kier alpha value is -1.04. The largest absolute Gasteiger partial charge is 0.0909 e. The third-order valence-corrected chi connectivity index (χ3v) is 5.64. The first-order chi connectivity index (χ1) is 9.78. The molecule has 0 aromatic heterocycles. The monoisotopic (exact) mass is 268 g/mol. The van der Waals surface area contributed by atoms with Gasteiger partial charge in [0.05, 0.1) is 0 Å². The van der Waals surface area contributed by atoms with Crippen LogP contribution in [0.2, 0.25) is 0 Å². The van der Waals surface area contributed by atoms with Gasteiger partial charge in [-0.2, -0.15) is 0 Å². The Kier molecular flexibility index (Phi) is 4.29. The Morgan fingerprint density at radius 1 is 1.15 bits per heavy atom. The summed E-state index contributed by atoms with van der Waals surface area (Å²) in [4.78, 5) is 0. The van der Waals surface area contributed by atoms with Crippen molar-refractivity contribution < 1.29 is 0 Å². The highest BCUT2D eigenvalue weighted by atomic mass is 14.3. The van der Waals surface area contributed by atoms with Crippen molar-refractivity contribution in [1.29, 1.82) is 0 Å². The smallest absolute Gasteiger partial charge is 0.0123 e. The highest BCUT2D eigenvalue weighted by molar-refractivity contribution is 5.57. The summed E-state index contributed by atoms with van der Waals surface area (Å²) in [6, 6.07) is 0. The van der Waals surface area contributed by atoms with Gasteiger partial charge in [0.15, 0.2) is 0 Å². The van der Waals surface area contributed by atoms with Gasteiger partial charge in [0.25, 0.3) is 0 Å². The van der Waals surface area contributed by atoms with Crippen LogP contribution in [0.5, 0.6) is 0 Å². The molecule has 1 fully saturated rings. The van der Waals surface area contributed by atoms with Gasteiger partial charge < -0.3 is 0 Å². The van der Waals surface area contributed by atoms with Gasteiger partial charge in [0, 0.05) is 0 Å². The van der Waals surface area contributed by atoms with Crippen LogP contribution < -0.4 is 0 Å². The van der Waals surface area contributed by atoms with Crippen LogP contribution in [0, 0.1) is 11.8 Å². The Bertz CT molecular complexity index is 464. The fourth-order valence-electron chi connectivity index (χ4n) is 4.14. The predicted octanol–water partition coefficient (Wildman–Crippen LogP) is 6.13. The average molecular weight is 268 g/mol. The molecule has 0 N–H and O–H groups in total. The van der Waals surface area contributed by atoms with Crippen LogP contribution in [0.25, 0.3) is 0 Å². The fraction of sp³-hybridized carbons (Fsp3) is 0.600. The van der Waals surface area contributed by atoms with E-state index in [1.165, 1.54) is 68.9 Å². The molecule has 0 radical (unpaired) electrons. The third kappa shape index (κ3) is 2.85. The summed E-state index contributed by atoms with van der Waals surface area (Å²) in [7, 11) is 0. The molecular weight excluding hydrogens is 240 g/mol. The molecular formula is C20H28. The van der Waals surface area contributed by atoms with Crippen molar-refractivity contribution in [2.45, 2.75) is 64.7 Å². The number of hydrogen-bond acceptors (Lipinski definition) is 0. The predicted molar refractivity (Wildman–Crippen MR) is 87.6 cm³/mol. The Labute approximate surface area is 124 Å². The van der Waals surface area contributed by atoms with Crippen molar-refractivity contribution in [3.05, 3.63) is 47.1 Å². The molecule has 0 atom stereocenters. The maximum Gasteiger partial charge on any atom is -0.0123 e.